The summed E-state index contributed by atoms with van der Waals surface area (Å²) < 4.78 is 5.52. The minimum absolute atomic E-state index is 0.00677. The van der Waals surface area contributed by atoms with Crippen molar-refractivity contribution >= 4 is 16.8 Å². The Kier molecular flexibility index (Phi) is 5.05. The third kappa shape index (κ3) is 3.80. The lowest BCUT2D eigenvalue weighted by Crippen LogP contribution is -2.32. The van der Waals surface area contributed by atoms with Gasteiger partial charge in [0.1, 0.15) is 5.75 Å². The van der Waals surface area contributed by atoms with E-state index in [4.69, 9.17) is 9.72 Å². The van der Waals surface area contributed by atoms with Gasteiger partial charge in [0.05, 0.1) is 23.4 Å². The fourth-order valence-electron chi connectivity index (χ4n) is 3.73. The quantitative estimate of drug-likeness (QED) is 0.699. The van der Waals surface area contributed by atoms with Gasteiger partial charge in [0.25, 0.3) is 5.91 Å². The van der Waals surface area contributed by atoms with Crippen LogP contribution in [0.3, 0.4) is 0 Å². The molecule has 1 fully saturated rings. The number of carbonyl (C=O) groups excluding carboxylic acids is 1. The van der Waals surface area contributed by atoms with Gasteiger partial charge >= 0.3 is 0 Å². The van der Waals surface area contributed by atoms with Gasteiger partial charge in [0.2, 0.25) is 0 Å². The van der Waals surface area contributed by atoms with Gasteiger partial charge in [-0.25, -0.2) is 4.98 Å². The van der Waals surface area contributed by atoms with Crippen molar-refractivity contribution in [3.8, 4) is 17.0 Å². The molecule has 4 heteroatoms. The first kappa shape index (κ1) is 17.5. The van der Waals surface area contributed by atoms with Crippen LogP contribution in [0.4, 0.5) is 0 Å². The Balaban J connectivity index is 1.72. The highest BCUT2D eigenvalue weighted by atomic mass is 16.5. The second-order valence-corrected chi connectivity index (χ2v) is 6.98. The second kappa shape index (κ2) is 7.78. The summed E-state index contributed by atoms with van der Waals surface area (Å²) in [6.45, 7) is 2.60. The number of ether oxygens (including phenoxy) is 1. The molecule has 1 amide bonds. The maximum atomic E-state index is 13.0. The number of nitrogens with one attached hydrogen (secondary N) is 1. The zero-order valence-electron chi connectivity index (χ0n) is 15.6. The molecular weight excluding hydrogens is 336 g/mol. The van der Waals surface area contributed by atoms with Crippen LogP contribution in [0.1, 0.15) is 43.0 Å². The lowest BCUT2D eigenvalue weighted by Gasteiger charge is -2.14. The molecule has 0 radical (unpaired) electrons. The Bertz CT molecular complexity index is 944. The van der Waals surface area contributed by atoms with E-state index in [2.05, 4.69) is 5.32 Å². The zero-order chi connectivity index (χ0) is 18.6. The Labute approximate surface area is 159 Å². The fourth-order valence-corrected chi connectivity index (χ4v) is 3.73. The van der Waals surface area contributed by atoms with Gasteiger partial charge in [-0.2, -0.15) is 0 Å². The third-order valence-corrected chi connectivity index (χ3v) is 5.11. The predicted octanol–water partition coefficient (Wildman–Crippen LogP) is 4.97. The predicted molar refractivity (Wildman–Crippen MR) is 108 cm³/mol. The number of amides is 1. The largest absolute Gasteiger partial charge is 0.494 e. The Morgan fingerprint density at radius 1 is 1.11 bits per heavy atom. The molecule has 1 aromatic heterocycles. The van der Waals surface area contributed by atoms with Crippen molar-refractivity contribution in [2.24, 2.45) is 0 Å². The summed E-state index contributed by atoms with van der Waals surface area (Å²) in [5.74, 6) is 0.828. The molecule has 3 aromatic rings. The number of carbonyl (C=O) groups is 1. The normalized spacial score (nSPS) is 14.4. The summed E-state index contributed by atoms with van der Waals surface area (Å²) >= 11 is 0. The monoisotopic (exact) mass is 360 g/mol. The van der Waals surface area contributed by atoms with Crippen LogP contribution >= 0.6 is 0 Å². The van der Waals surface area contributed by atoms with Gasteiger partial charge in [0.15, 0.2) is 0 Å². The third-order valence-electron chi connectivity index (χ3n) is 5.11. The maximum Gasteiger partial charge on any atom is 0.252 e. The molecule has 4 nitrogen and oxygen atoms in total. The van der Waals surface area contributed by atoms with Crippen molar-refractivity contribution in [2.45, 2.75) is 38.6 Å². The first-order chi connectivity index (χ1) is 13.2. The van der Waals surface area contributed by atoms with E-state index in [1.165, 1.54) is 12.8 Å². The van der Waals surface area contributed by atoms with E-state index in [0.29, 0.717) is 18.2 Å². The van der Waals surface area contributed by atoms with E-state index >= 15 is 0 Å². The molecule has 0 saturated heterocycles. The standard InChI is InChI=1S/C23H24N2O2/c1-2-27-18-13-11-16(12-14-18)22-15-20(19-9-5-6-10-21(19)25-22)23(26)24-17-7-3-4-8-17/h5-6,9-15,17H,2-4,7-8H2,1H3,(H,24,26). The van der Waals surface area contributed by atoms with Crippen LogP contribution in [-0.2, 0) is 0 Å². The molecule has 138 valence electrons. The van der Waals surface area contributed by atoms with Crippen LogP contribution in [0, 0.1) is 0 Å². The van der Waals surface area contributed by atoms with Crippen molar-refractivity contribution in [3.63, 3.8) is 0 Å². The smallest absolute Gasteiger partial charge is 0.252 e. The molecule has 0 aliphatic heterocycles. The van der Waals surface area contributed by atoms with Crippen molar-refractivity contribution in [1.82, 2.24) is 10.3 Å². The van der Waals surface area contributed by atoms with Crippen molar-refractivity contribution in [1.29, 1.82) is 0 Å². The highest BCUT2D eigenvalue weighted by Crippen LogP contribution is 2.27. The molecule has 2 aromatic carbocycles. The number of fused-ring (bicyclic) bond motifs is 1. The number of pyridine rings is 1. The van der Waals surface area contributed by atoms with Gasteiger partial charge in [-0.05, 0) is 56.2 Å². The minimum Gasteiger partial charge on any atom is -0.494 e. The number of aromatic nitrogens is 1. The molecule has 0 spiro atoms. The lowest BCUT2D eigenvalue weighted by molar-refractivity contribution is 0.0939. The van der Waals surface area contributed by atoms with E-state index in [1.807, 2.05) is 61.5 Å². The van der Waals surface area contributed by atoms with Gasteiger partial charge in [-0.3, -0.25) is 4.79 Å². The SMILES string of the molecule is CCOc1ccc(-c2cc(C(=O)NC3CCCC3)c3ccccc3n2)cc1. The second-order valence-electron chi connectivity index (χ2n) is 6.98. The average molecular weight is 360 g/mol. The summed E-state index contributed by atoms with van der Waals surface area (Å²) in [6.07, 6.45) is 4.53. The fraction of sp³-hybridized carbons (Fsp3) is 0.304. The Hall–Kier alpha value is -2.88. The van der Waals surface area contributed by atoms with Gasteiger partial charge in [-0.15, -0.1) is 0 Å². The molecule has 27 heavy (non-hydrogen) atoms. The molecule has 1 N–H and O–H groups in total. The van der Waals surface area contributed by atoms with Crippen molar-refractivity contribution < 1.29 is 9.53 Å². The lowest BCUT2D eigenvalue weighted by atomic mass is 10.0. The molecular formula is C23H24N2O2. The molecule has 4 rings (SSSR count). The number of benzene rings is 2. The van der Waals surface area contributed by atoms with Crippen molar-refractivity contribution in [3.05, 3.63) is 60.2 Å². The Morgan fingerprint density at radius 2 is 1.85 bits per heavy atom. The van der Waals surface area contributed by atoms with Gasteiger partial charge < -0.3 is 10.1 Å². The van der Waals surface area contributed by atoms with E-state index < -0.39 is 0 Å². The number of hydrogen-bond donors (Lipinski definition) is 1. The Morgan fingerprint density at radius 3 is 2.59 bits per heavy atom. The summed E-state index contributed by atoms with van der Waals surface area (Å²) in [6, 6.07) is 17.9. The molecule has 1 aliphatic carbocycles. The summed E-state index contributed by atoms with van der Waals surface area (Å²) in [4.78, 5) is 17.8. The molecule has 0 atom stereocenters. The highest BCUT2D eigenvalue weighted by Gasteiger charge is 2.20. The first-order valence-electron chi connectivity index (χ1n) is 9.68. The zero-order valence-corrected chi connectivity index (χ0v) is 15.6. The van der Waals surface area contributed by atoms with E-state index in [0.717, 1.165) is 40.8 Å². The molecule has 1 saturated carbocycles. The maximum absolute atomic E-state index is 13.0. The van der Waals surface area contributed by atoms with E-state index in [9.17, 15) is 4.79 Å². The molecule has 1 heterocycles. The topological polar surface area (TPSA) is 51.2 Å². The number of para-hydroxylation sites is 1. The highest BCUT2D eigenvalue weighted by molar-refractivity contribution is 6.07. The summed E-state index contributed by atoms with van der Waals surface area (Å²) in [5.41, 5.74) is 3.30. The van der Waals surface area contributed by atoms with Crippen LogP contribution in [-0.4, -0.2) is 23.5 Å². The van der Waals surface area contributed by atoms with Gasteiger partial charge in [0, 0.05) is 17.0 Å². The number of nitrogens with zero attached hydrogens (tertiary/aromatic N) is 1. The van der Waals surface area contributed by atoms with Crippen LogP contribution < -0.4 is 10.1 Å². The average Bonchev–Trinajstić information content (AvgIpc) is 3.21. The molecule has 0 unspecified atom stereocenters. The number of rotatable bonds is 5. The summed E-state index contributed by atoms with van der Waals surface area (Å²) in [7, 11) is 0. The van der Waals surface area contributed by atoms with Crippen LogP contribution in [0.5, 0.6) is 5.75 Å². The van der Waals surface area contributed by atoms with E-state index in [-0.39, 0.29) is 5.91 Å². The van der Waals surface area contributed by atoms with Gasteiger partial charge in [-0.1, -0.05) is 31.0 Å². The first-order valence-corrected chi connectivity index (χ1v) is 9.68. The molecule has 0 bridgehead atoms. The number of hydrogen-bond acceptors (Lipinski definition) is 3. The minimum atomic E-state index is -0.00677. The van der Waals surface area contributed by atoms with Crippen LogP contribution in [0.25, 0.3) is 22.2 Å². The van der Waals surface area contributed by atoms with E-state index in [1.54, 1.807) is 0 Å². The summed E-state index contributed by atoms with van der Waals surface area (Å²) in [5, 5.41) is 4.10. The van der Waals surface area contributed by atoms with Crippen LogP contribution in [0.15, 0.2) is 54.6 Å². The van der Waals surface area contributed by atoms with Crippen LogP contribution in [0.2, 0.25) is 0 Å². The molecule has 1 aliphatic rings. The van der Waals surface area contributed by atoms with Crippen molar-refractivity contribution in [2.75, 3.05) is 6.61 Å².